The molecule has 0 radical (unpaired) electrons. The van der Waals surface area contributed by atoms with Crippen LogP contribution >= 0.6 is 0 Å². The van der Waals surface area contributed by atoms with Gasteiger partial charge < -0.3 is 4.74 Å². The van der Waals surface area contributed by atoms with Crippen LogP contribution in [0.25, 0.3) is 0 Å². The number of nitrogens with two attached hydrogens (primary N) is 1. The Labute approximate surface area is 64.9 Å². The number of hydrogen-bond donors (Lipinski definition) is 2. The molecule has 0 saturated carbocycles. The lowest BCUT2D eigenvalue weighted by Crippen LogP contribution is -2.30. The van der Waals surface area contributed by atoms with E-state index < -0.39 is 0 Å². The van der Waals surface area contributed by atoms with Crippen molar-refractivity contribution in [2.75, 3.05) is 6.61 Å². The molecule has 0 heterocycles. The summed E-state index contributed by atoms with van der Waals surface area (Å²) in [4.78, 5) is 21.0. The van der Waals surface area contributed by atoms with Gasteiger partial charge >= 0.3 is 5.97 Å². The van der Waals surface area contributed by atoms with Gasteiger partial charge in [0, 0.05) is 6.42 Å². The molecular weight excluding hydrogens is 148 g/mol. The maximum absolute atomic E-state index is 10.5. The van der Waals surface area contributed by atoms with Crippen molar-refractivity contribution in [3.63, 3.8) is 0 Å². The summed E-state index contributed by atoms with van der Waals surface area (Å²) in [5.74, 6) is 4.13. The first kappa shape index (κ1) is 9.90. The number of nitrogens with one attached hydrogen (secondary N) is 1. The van der Waals surface area contributed by atoms with Crippen LogP contribution in [0.15, 0.2) is 0 Å². The van der Waals surface area contributed by atoms with Gasteiger partial charge in [0.2, 0.25) is 5.91 Å². The van der Waals surface area contributed by atoms with Crippen molar-refractivity contribution < 1.29 is 14.3 Å². The SMILES string of the molecule is CCC(=O)OCCC(=O)NN. The zero-order chi connectivity index (χ0) is 8.69. The average molecular weight is 160 g/mol. The van der Waals surface area contributed by atoms with Crippen LogP contribution in [-0.4, -0.2) is 18.5 Å². The molecule has 0 aliphatic heterocycles. The molecule has 0 aromatic carbocycles. The van der Waals surface area contributed by atoms with Gasteiger partial charge in [-0.25, -0.2) is 5.84 Å². The number of esters is 1. The highest BCUT2D eigenvalue weighted by Crippen LogP contribution is 1.86. The zero-order valence-electron chi connectivity index (χ0n) is 6.42. The van der Waals surface area contributed by atoms with Crippen molar-refractivity contribution in [3.05, 3.63) is 0 Å². The van der Waals surface area contributed by atoms with Gasteiger partial charge in [0.1, 0.15) is 6.61 Å². The third-order valence-corrected chi connectivity index (χ3v) is 1.04. The Morgan fingerprint density at radius 3 is 2.64 bits per heavy atom. The maximum Gasteiger partial charge on any atom is 0.305 e. The first-order chi connectivity index (χ1) is 5.20. The van der Waals surface area contributed by atoms with Crippen LogP contribution in [0.1, 0.15) is 19.8 Å². The third-order valence-electron chi connectivity index (χ3n) is 1.04. The summed E-state index contributed by atoms with van der Waals surface area (Å²) in [6.07, 6.45) is 0.437. The molecule has 1 amide bonds. The van der Waals surface area contributed by atoms with Gasteiger partial charge in [0.25, 0.3) is 0 Å². The Hall–Kier alpha value is -1.10. The first-order valence-electron chi connectivity index (χ1n) is 3.35. The molecule has 0 aliphatic rings. The molecule has 0 bridgehead atoms. The minimum atomic E-state index is -0.339. The highest BCUT2D eigenvalue weighted by molar-refractivity contribution is 5.75. The van der Waals surface area contributed by atoms with E-state index in [1.54, 1.807) is 6.92 Å². The van der Waals surface area contributed by atoms with Gasteiger partial charge in [-0.05, 0) is 0 Å². The number of hydrazine groups is 1. The van der Waals surface area contributed by atoms with Gasteiger partial charge in [-0.1, -0.05) is 6.92 Å². The number of rotatable bonds is 4. The fourth-order valence-electron chi connectivity index (χ4n) is 0.432. The Kier molecular flexibility index (Phi) is 5.10. The maximum atomic E-state index is 10.5. The Balaban J connectivity index is 3.27. The van der Waals surface area contributed by atoms with E-state index >= 15 is 0 Å². The highest BCUT2D eigenvalue weighted by Gasteiger charge is 2.01. The fraction of sp³-hybridized carbons (Fsp3) is 0.667. The molecule has 0 atom stereocenters. The highest BCUT2D eigenvalue weighted by atomic mass is 16.5. The first-order valence-corrected chi connectivity index (χ1v) is 3.35. The van der Waals surface area contributed by atoms with Crippen LogP contribution in [0.5, 0.6) is 0 Å². The van der Waals surface area contributed by atoms with E-state index in [-0.39, 0.29) is 24.9 Å². The van der Waals surface area contributed by atoms with Crippen LogP contribution in [-0.2, 0) is 14.3 Å². The minimum Gasteiger partial charge on any atom is -0.465 e. The molecule has 0 aromatic heterocycles. The number of carbonyl (C=O) groups excluding carboxylic acids is 2. The van der Waals surface area contributed by atoms with Crippen molar-refractivity contribution in [2.45, 2.75) is 19.8 Å². The Morgan fingerprint density at radius 2 is 2.18 bits per heavy atom. The molecule has 0 unspecified atom stereocenters. The predicted molar refractivity (Wildman–Crippen MR) is 38.2 cm³/mol. The molecule has 0 saturated heterocycles. The van der Waals surface area contributed by atoms with E-state index in [2.05, 4.69) is 4.74 Å². The standard InChI is InChI=1S/C6H12N2O3/c1-2-6(10)11-4-3-5(9)8-7/h2-4,7H2,1H3,(H,8,9). The summed E-state index contributed by atoms with van der Waals surface area (Å²) in [6, 6.07) is 0. The molecule has 5 nitrogen and oxygen atoms in total. The van der Waals surface area contributed by atoms with E-state index in [1.165, 1.54) is 0 Å². The van der Waals surface area contributed by atoms with Crippen molar-refractivity contribution in [1.29, 1.82) is 0 Å². The fourth-order valence-corrected chi connectivity index (χ4v) is 0.432. The Morgan fingerprint density at radius 1 is 1.55 bits per heavy atom. The van der Waals surface area contributed by atoms with E-state index in [4.69, 9.17) is 5.84 Å². The summed E-state index contributed by atoms with van der Waals surface area (Å²) in [6.45, 7) is 1.78. The van der Waals surface area contributed by atoms with Crippen LogP contribution in [0, 0.1) is 0 Å². The second-order valence-corrected chi connectivity index (χ2v) is 1.89. The van der Waals surface area contributed by atoms with E-state index in [0.29, 0.717) is 6.42 Å². The van der Waals surface area contributed by atoms with E-state index in [1.807, 2.05) is 5.43 Å². The van der Waals surface area contributed by atoms with Crippen molar-refractivity contribution in [1.82, 2.24) is 5.43 Å². The monoisotopic (exact) mass is 160 g/mol. The number of ether oxygens (including phenoxy) is 1. The number of hydrogen-bond acceptors (Lipinski definition) is 4. The third kappa shape index (κ3) is 5.35. The molecule has 0 rings (SSSR count). The molecule has 64 valence electrons. The van der Waals surface area contributed by atoms with Gasteiger partial charge in [-0.15, -0.1) is 0 Å². The lowest BCUT2D eigenvalue weighted by molar-refractivity contribution is -0.143. The molecule has 0 aromatic rings. The second-order valence-electron chi connectivity index (χ2n) is 1.89. The lowest BCUT2D eigenvalue weighted by atomic mass is 10.4. The molecule has 11 heavy (non-hydrogen) atoms. The normalized spacial score (nSPS) is 8.91. The predicted octanol–water partition coefficient (Wildman–Crippen LogP) is -0.680. The molecule has 0 fully saturated rings. The van der Waals surface area contributed by atoms with E-state index in [0.717, 1.165) is 0 Å². The van der Waals surface area contributed by atoms with Crippen LogP contribution in [0.2, 0.25) is 0 Å². The summed E-state index contributed by atoms with van der Waals surface area (Å²) in [7, 11) is 0. The Bertz CT molecular complexity index is 131. The molecule has 0 aliphatic carbocycles. The largest absolute Gasteiger partial charge is 0.465 e. The van der Waals surface area contributed by atoms with Crippen molar-refractivity contribution in [2.24, 2.45) is 5.84 Å². The lowest BCUT2D eigenvalue weighted by Gasteiger charge is -2.00. The summed E-state index contributed by atoms with van der Waals surface area (Å²) in [5.41, 5.74) is 1.93. The number of carbonyl (C=O) groups is 2. The quantitative estimate of drug-likeness (QED) is 0.247. The van der Waals surface area contributed by atoms with Crippen LogP contribution in [0.3, 0.4) is 0 Å². The summed E-state index contributed by atoms with van der Waals surface area (Å²) in [5, 5.41) is 0. The average Bonchev–Trinajstić information content (AvgIpc) is 2.04. The minimum absolute atomic E-state index is 0.0930. The van der Waals surface area contributed by atoms with Gasteiger partial charge in [-0.3, -0.25) is 15.0 Å². The van der Waals surface area contributed by atoms with Crippen LogP contribution in [0.4, 0.5) is 0 Å². The topological polar surface area (TPSA) is 81.4 Å². The zero-order valence-corrected chi connectivity index (χ0v) is 6.42. The van der Waals surface area contributed by atoms with Gasteiger partial charge in [-0.2, -0.15) is 0 Å². The van der Waals surface area contributed by atoms with E-state index in [9.17, 15) is 9.59 Å². The van der Waals surface area contributed by atoms with Crippen molar-refractivity contribution >= 4 is 11.9 Å². The summed E-state index contributed by atoms with van der Waals surface area (Å²) < 4.78 is 4.61. The molecule has 5 heteroatoms. The molecule has 3 N–H and O–H groups in total. The van der Waals surface area contributed by atoms with Crippen LogP contribution < -0.4 is 11.3 Å². The molecule has 0 spiro atoms. The summed E-state index contributed by atoms with van der Waals surface area (Å²) >= 11 is 0. The van der Waals surface area contributed by atoms with Gasteiger partial charge in [0.15, 0.2) is 0 Å². The molecular formula is C6H12N2O3. The second kappa shape index (κ2) is 5.67. The van der Waals surface area contributed by atoms with Crippen molar-refractivity contribution in [3.8, 4) is 0 Å². The number of amides is 1. The smallest absolute Gasteiger partial charge is 0.305 e. The van der Waals surface area contributed by atoms with Gasteiger partial charge in [0.05, 0.1) is 6.42 Å².